The lowest BCUT2D eigenvalue weighted by molar-refractivity contribution is -0.141. The Balaban J connectivity index is 1.22. The molecular formula is C23H24O6. The van der Waals surface area contributed by atoms with Crippen LogP contribution in [0.4, 0.5) is 0 Å². The van der Waals surface area contributed by atoms with Gasteiger partial charge in [0.1, 0.15) is 18.1 Å². The van der Waals surface area contributed by atoms with Crippen LogP contribution in [0.15, 0.2) is 42.5 Å². The van der Waals surface area contributed by atoms with Crippen LogP contribution >= 0.6 is 0 Å². The van der Waals surface area contributed by atoms with Gasteiger partial charge >= 0.3 is 11.9 Å². The quantitative estimate of drug-likeness (QED) is 0.683. The number of cyclic esters (lactones) is 1. The van der Waals surface area contributed by atoms with E-state index in [-0.39, 0.29) is 12.1 Å². The summed E-state index contributed by atoms with van der Waals surface area (Å²) in [4.78, 5) is 22.5. The van der Waals surface area contributed by atoms with Crippen LogP contribution in [0.1, 0.15) is 41.3 Å². The molecule has 0 saturated heterocycles. The van der Waals surface area contributed by atoms with Gasteiger partial charge in [0.15, 0.2) is 0 Å². The topological polar surface area (TPSA) is 82.1 Å². The molecule has 6 nitrogen and oxygen atoms in total. The van der Waals surface area contributed by atoms with Gasteiger partial charge in [0.05, 0.1) is 24.2 Å². The molecule has 1 N–H and O–H groups in total. The molecule has 2 aromatic rings. The largest absolute Gasteiger partial charge is 0.493 e. The molecule has 2 aromatic carbocycles. The molecule has 0 radical (unpaired) electrons. The van der Waals surface area contributed by atoms with E-state index in [1.165, 1.54) is 0 Å². The predicted molar refractivity (Wildman–Crippen MR) is 105 cm³/mol. The van der Waals surface area contributed by atoms with Gasteiger partial charge in [-0.1, -0.05) is 19.1 Å². The highest BCUT2D eigenvalue weighted by Crippen LogP contribution is 2.33. The summed E-state index contributed by atoms with van der Waals surface area (Å²) in [7, 11) is 0. The minimum Gasteiger partial charge on any atom is -0.493 e. The zero-order valence-electron chi connectivity index (χ0n) is 16.3. The number of carboxylic acids is 1. The molecular weight excluding hydrogens is 372 g/mol. The number of aliphatic carboxylic acids is 1. The smallest absolute Gasteiger partial charge is 0.338 e. The summed E-state index contributed by atoms with van der Waals surface area (Å²) in [6, 6.07) is 13.1. The minimum absolute atomic E-state index is 0.155. The van der Waals surface area contributed by atoms with Crippen molar-refractivity contribution in [3.05, 3.63) is 59.2 Å². The van der Waals surface area contributed by atoms with E-state index >= 15 is 0 Å². The summed E-state index contributed by atoms with van der Waals surface area (Å²) in [5, 5.41) is 9.05. The number of carbonyl (C=O) groups is 2. The summed E-state index contributed by atoms with van der Waals surface area (Å²) >= 11 is 0. The molecule has 1 unspecified atom stereocenters. The Hall–Kier alpha value is -3.02. The third-order valence-electron chi connectivity index (χ3n) is 5.50. The van der Waals surface area contributed by atoms with Gasteiger partial charge in [0.25, 0.3) is 0 Å². The highest BCUT2D eigenvalue weighted by molar-refractivity contribution is 5.93. The van der Waals surface area contributed by atoms with Gasteiger partial charge in [0.2, 0.25) is 0 Å². The summed E-state index contributed by atoms with van der Waals surface area (Å²) < 4.78 is 16.9. The molecule has 1 aliphatic carbocycles. The van der Waals surface area contributed by atoms with Crippen molar-refractivity contribution in [3.8, 4) is 11.5 Å². The normalized spacial score (nSPS) is 20.9. The number of carboxylic acid groups (broad SMARTS) is 1. The zero-order chi connectivity index (χ0) is 20.4. The van der Waals surface area contributed by atoms with Crippen molar-refractivity contribution in [2.75, 3.05) is 6.61 Å². The molecule has 2 aliphatic rings. The second-order valence-electron chi connectivity index (χ2n) is 7.87. The summed E-state index contributed by atoms with van der Waals surface area (Å²) in [5.74, 6) is 0.493. The molecule has 0 aromatic heterocycles. The Labute approximate surface area is 169 Å². The third-order valence-corrected chi connectivity index (χ3v) is 5.50. The maximum atomic E-state index is 11.5. The molecule has 1 heterocycles. The Morgan fingerprint density at radius 1 is 1.21 bits per heavy atom. The average Bonchev–Trinajstić information content (AvgIpc) is 3.04. The molecule has 29 heavy (non-hydrogen) atoms. The van der Waals surface area contributed by atoms with Crippen LogP contribution in [0.2, 0.25) is 0 Å². The Kier molecular flexibility index (Phi) is 5.43. The van der Waals surface area contributed by atoms with E-state index in [0.717, 1.165) is 35.5 Å². The van der Waals surface area contributed by atoms with Gasteiger partial charge in [-0.2, -0.15) is 0 Å². The van der Waals surface area contributed by atoms with Crippen LogP contribution in [0, 0.1) is 11.8 Å². The van der Waals surface area contributed by atoms with Gasteiger partial charge in [-0.25, -0.2) is 4.79 Å². The minimum atomic E-state index is -0.792. The Bertz CT molecular complexity index is 915. The fraction of sp³-hybridized carbons (Fsp3) is 0.391. The molecule has 0 bridgehead atoms. The SMILES string of the molecule is CC(Cc1cccc(OCC2CC(Oc3ccc4c(c3)COC4=O)C2)c1)C(=O)O. The first-order valence-electron chi connectivity index (χ1n) is 9.89. The molecule has 1 atom stereocenters. The van der Waals surface area contributed by atoms with E-state index in [0.29, 0.717) is 31.1 Å². The maximum Gasteiger partial charge on any atom is 0.338 e. The standard InChI is InChI=1S/C23H24O6/c1-14(22(24)25)7-15-3-2-4-18(8-15)27-12-16-9-20(10-16)29-19-5-6-21-17(11-19)13-28-23(21)26/h2-6,8,11,14,16,20H,7,9-10,12-13H2,1H3,(H,24,25). The lowest BCUT2D eigenvalue weighted by Gasteiger charge is -2.35. The molecule has 4 rings (SSSR count). The number of hydrogen-bond donors (Lipinski definition) is 1. The fourth-order valence-electron chi connectivity index (χ4n) is 3.70. The molecule has 0 spiro atoms. The molecule has 1 fully saturated rings. The molecule has 6 heteroatoms. The van der Waals surface area contributed by atoms with E-state index in [1.807, 2.05) is 36.4 Å². The molecule has 1 saturated carbocycles. The number of fused-ring (bicyclic) bond motifs is 1. The lowest BCUT2D eigenvalue weighted by Crippen LogP contribution is -2.37. The van der Waals surface area contributed by atoms with Crippen molar-refractivity contribution in [2.24, 2.45) is 11.8 Å². The van der Waals surface area contributed by atoms with Crippen LogP contribution in [-0.2, 0) is 22.6 Å². The first-order chi connectivity index (χ1) is 14.0. The summed E-state index contributed by atoms with van der Waals surface area (Å²) in [5.41, 5.74) is 2.47. The van der Waals surface area contributed by atoms with E-state index in [1.54, 1.807) is 13.0 Å². The maximum absolute atomic E-state index is 11.5. The van der Waals surface area contributed by atoms with Crippen LogP contribution in [-0.4, -0.2) is 29.8 Å². The number of esters is 1. The summed E-state index contributed by atoms with van der Waals surface area (Å²) in [6.07, 6.45) is 2.48. The Morgan fingerprint density at radius 2 is 2.03 bits per heavy atom. The Morgan fingerprint density at radius 3 is 2.83 bits per heavy atom. The third kappa shape index (κ3) is 4.53. The number of carbonyl (C=O) groups excluding carboxylic acids is 1. The fourth-order valence-corrected chi connectivity index (χ4v) is 3.70. The zero-order valence-corrected chi connectivity index (χ0v) is 16.3. The van der Waals surface area contributed by atoms with Gasteiger partial charge in [-0.15, -0.1) is 0 Å². The van der Waals surface area contributed by atoms with E-state index in [4.69, 9.17) is 19.3 Å². The van der Waals surface area contributed by atoms with Gasteiger partial charge in [-0.3, -0.25) is 4.79 Å². The van der Waals surface area contributed by atoms with Crippen LogP contribution < -0.4 is 9.47 Å². The number of rotatable bonds is 8. The second-order valence-corrected chi connectivity index (χ2v) is 7.87. The first-order valence-corrected chi connectivity index (χ1v) is 9.89. The molecule has 152 valence electrons. The molecule has 0 amide bonds. The first kappa shape index (κ1) is 19.3. The number of ether oxygens (including phenoxy) is 3. The van der Waals surface area contributed by atoms with Crippen LogP contribution in [0.3, 0.4) is 0 Å². The number of hydrogen-bond acceptors (Lipinski definition) is 5. The predicted octanol–water partition coefficient (Wildman–Crippen LogP) is 3.86. The van der Waals surface area contributed by atoms with Crippen molar-refractivity contribution in [3.63, 3.8) is 0 Å². The van der Waals surface area contributed by atoms with Crippen LogP contribution in [0.5, 0.6) is 11.5 Å². The van der Waals surface area contributed by atoms with Gasteiger partial charge < -0.3 is 19.3 Å². The van der Waals surface area contributed by atoms with Crippen molar-refractivity contribution < 1.29 is 28.9 Å². The average molecular weight is 396 g/mol. The lowest BCUT2D eigenvalue weighted by atomic mass is 9.83. The van der Waals surface area contributed by atoms with Crippen molar-refractivity contribution in [1.29, 1.82) is 0 Å². The monoisotopic (exact) mass is 396 g/mol. The van der Waals surface area contributed by atoms with E-state index in [2.05, 4.69) is 0 Å². The highest BCUT2D eigenvalue weighted by Gasteiger charge is 2.32. The van der Waals surface area contributed by atoms with Crippen molar-refractivity contribution >= 4 is 11.9 Å². The van der Waals surface area contributed by atoms with Crippen molar-refractivity contribution in [2.45, 2.75) is 38.9 Å². The van der Waals surface area contributed by atoms with Gasteiger partial charge in [-0.05, 0) is 61.1 Å². The van der Waals surface area contributed by atoms with E-state index < -0.39 is 11.9 Å². The van der Waals surface area contributed by atoms with Crippen LogP contribution in [0.25, 0.3) is 0 Å². The van der Waals surface area contributed by atoms with Crippen molar-refractivity contribution in [1.82, 2.24) is 0 Å². The van der Waals surface area contributed by atoms with Gasteiger partial charge in [0, 0.05) is 5.56 Å². The second kappa shape index (κ2) is 8.15. The molecule has 1 aliphatic heterocycles. The summed E-state index contributed by atoms with van der Waals surface area (Å²) in [6.45, 7) is 2.64. The van der Waals surface area contributed by atoms with E-state index in [9.17, 15) is 9.59 Å². The highest BCUT2D eigenvalue weighted by atomic mass is 16.5. The number of benzene rings is 2.